The molecule has 2 rings (SSSR count). The van der Waals surface area contributed by atoms with Crippen LogP contribution >= 0.6 is 0 Å². The first-order chi connectivity index (χ1) is 8.42. The number of rotatable bonds is 5. The molecule has 2 fully saturated rings. The maximum absolute atomic E-state index is 12.2. The number of carbonyl (C=O) groups is 2. The van der Waals surface area contributed by atoms with Gasteiger partial charge in [-0.15, -0.1) is 0 Å². The molecule has 5 nitrogen and oxygen atoms in total. The van der Waals surface area contributed by atoms with E-state index in [1.807, 2.05) is 0 Å². The van der Waals surface area contributed by atoms with Gasteiger partial charge in [-0.2, -0.15) is 0 Å². The summed E-state index contributed by atoms with van der Waals surface area (Å²) in [4.78, 5) is 25.6. The molecule has 102 valence electrons. The molecule has 1 atom stereocenters. The topological polar surface area (TPSA) is 58.6 Å². The molecule has 1 aliphatic heterocycles. The normalized spacial score (nSPS) is 27.3. The molecule has 0 aromatic heterocycles. The Labute approximate surface area is 108 Å². The molecule has 2 amide bonds. The van der Waals surface area contributed by atoms with Crippen molar-refractivity contribution in [3.63, 3.8) is 0 Å². The fraction of sp³-hybridized carbons (Fsp3) is 0.846. The first kappa shape index (κ1) is 13.3. The van der Waals surface area contributed by atoms with Gasteiger partial charge < -0.3 is 15.0 Å². The Hall–Kier alpha value is -1.10. The molecule has 0 radical (unpaired) electrons. The average Bonchev–Trinajstić information content (AvgIpc) is 3.09. The lowest BCUT2D eigenvalue weighted by Crippen LogP contribution is -2.67. The lowest BCUT2D eigenvalue weighted by atomic mass is 9.97. The van der Waals surface area contributed by atoms with E-state index in [4.69, 9.17) is 4.74 Å². The summed E-state index contributed by atoms with van der Waals surface area (Å²) in [5.41, 5.74) is -0.805. The van der Waals surface area contributed by atoms with Crippen molar-refractivity contribution < 1.29 is 14.3 Å². The van der Waals surface area contributed by atoms with Gasteiger partial charge in [0, 0.05) is 13.2 Å². The molecule has 5 heteroatoms. The molecule has 2 aliphatic rings. The van der Waals surface area contributed by atoms with Crippen LogP contribution in [0.15, 0.2) is 0 Å². The quantitative estimate of drug-likeness (QED) is 0.728. The zero-order chi connectivity index (χ0) is 13.3. The molecule has 0 aromatic carbocycles. The van der Waals surface area contributed by atoms with Gasteiger partial charge in [0.25, 0.3) is 0 Å². The molecule has 1 heterocycles. The van der Waals surface area contributed by atoms with Crippen LogP contribution in [0, 0.1) is 5.92 Å². The van der Waals surface area contributed by atoms with E-state index in [2.05, 4.69) is 5.32 Å². The van der Waals surface area contributed by atoms with E-state index in [1.165, 1.54) is 12.8 Å². The minimum Gasteiger partial charge on any atom is -0.379 e. The highest BCUT2D eigenvalue weighted by Gasteiger charge is 2.43. The van der Waals surface area contributed by atoms with Crippen LogP contribution < -0.4 is 5.32 Å². The van der Waals surface area contributed by atoms with Crippen molar-refractivity contribution in [3.05, 3.63) is 0 Å². The second-order valence-corrected chi connectivity index (χ2v) is 5.81. The van der Waals surface area contributed by atoms with Gasteiger partial charge in [0.05, 0.1) is 6.61 Å². The van der Waals surface area contributed by atoms with Crippen molar-refractivity contribution in [2.24, 2.45) is 5.92 Å². The first-order valence-corrected chi connectivity index (χ1v) is 6.62. The molecule has 1 unspecified atom stereocenters. The van der Waals surface area contributed by atoms with Crippen LogP contribution in [0.1, 0.15) is 33.6 Å². The molecule has 1 aliphatic carbocycles. The lowest BCUT2D eigenvalue weighted by molar-refractivity contribution is -0.153. The number of piperazine rings is 1. The molecule has 1 saturated heterocycles. The van der Waals surface area contributed by atoms with E-state index in [0.717, 1.165) is 12.5 Å². The van der Waals surface area contributed by atoms with E-state index in [-0.39, 0.29) is 11.8 Å². The number of nitrogens with one attached hydrogen (secondary N) is 1. The van der Waals surface area contributed by atoms with E-state index >= 15 is 0 Å². The smallest absolute Gasteiger partial charge is 0.248 e. The zero-order valence-corrected chi connectivity index (χ0v) is 11.4. The summed E-state index contributed by atoms with van der Waals surface area (Å²) in [5, 5.41) is 2.73. The highest BCUT2D eigenvalue weighted by molar-refractivity contribution is 5.99. The summed E-state index contributed by atoms with van der Waals surface area (Å²) in [7, 11) is 0. The molecular formula is C13H22N2O3. The van der Waals surface area contributed by atoms with Gasteiger partial charge >= 0.3 is 0 Å². The average molecular weight is 254 g/mol. The molecule has 1 saturated carbocycles. The number of hydrogen-bond acceptors (Lipinski definition) is 3. The summed E-state index contributed by atoms with van der Waals surface area (Å²) in [6.07, 6.45) is 2.52. The largest absolute Gasteiger partial charge is 0.379 e. The summed E-state index contributed by atoms with van der Waals surface area (Å²) in [6, 6.07) is -0.407. The Morgan fingerprint density at radius 1 is 1.39 bits per heavy atom. The van der Waals surface area contributed by atoms with E-state index < -0.39 is 11.6 Å². The fourth-order valence-electron chi connectivity index (χ4n) is 2.13. The van der Waals surface area contributed by atoms with Crippen molar-refractivity contribution in [1.29, 1.82) is 0 Å². The van der Waals surface area contributed by atoms with E-state index in [9.17, 15) is 9.59 Å². The second kappa shape index (κ2) is 4.88. The summed E-state index contributed by atoms with van der Waals surface area (Å²) in [5.74, 6) is 0.589. The van der Waals surface area contributed by atoms with Gasteiger partial charge in [-0.3, -0.25) is 9.59 Å². The van der Waals surface area contributed by atoms with Crippen molar-refractivity contribution in [1.82, 2.24) is 10.2 Å². The van der Waals surface area contributed by atoms with Gasteiger partial charge in [-0.25, -0.2) is 0 Å². The summed E-state index contributed by atoms with van der Waals surface area (Å²) >= 11 is 0. The predicted octanol–water partition coefficient (Wildman–Crippen LogP) is 0.538. The third kappa shape index (κ3) is 2.83. The van der Waals surface area contributed by atoms with Gasteiger partial charge in [-0.05, 0) is 39.5 Å². The molecule has 0 aromatic rings. The zero-order valence-electron chi connectivity index (χ0n) is 11.4. The van der Waals surface area contributed by atoms with Crippen LogP contribution in [0.25, 0.3) is 0 Å². The summed E-state index contributed by atoms with van der Waals surface area (Å²) < 4.78 is 5.53. The predicted molar refractivity (Wildman–Crippen MR) is 66.9 cm³/mol. The van der Waals surface area contributed by atoms with Crippen LogP contribution in [0.3, 0.4) is 0 Å². The van der Waals surface area contributed by atoms with Crippen LogP contribution in [0.2, 0.25) is 0 Å². The van der Waals surface area contributed by atoms with Gasteiger partial charge in [0.2, 0.25) is 11.8 Å². The van der Waals surface area contributed by atoms with Crippen molar-refractivity contribution >= 4 is 11.8 Å². The standard InChI is InChI=1S/C13H22N2O3/c1-9-11(16)14-13(2,3)12(17)15(9)6-7-18-8-10-4-5-10/h9-10H,4-8H2,1-3H3,(H,14,16). The Balaban J connectivity index is 1.86. The molecule has 0 spiro atoms. The Bertz CT molecular complexity index is 350. The fourth-order valence-corrected chi connectivity index (χ4v) is 2.13. The van der Waals surface area contributed by atoms with Crippen molar-refractivity contribution in [2.45, 2.75) is 45.2 Å². The molecular weight excluding hydrogens is 232 g/mol. The Kier molecular flexibility index (Phi) is 3.61. The first-order valence-electron chi connectivity index (χ1n) is 6.62. The number of nitrogens with zero attached hydrogens (tertiary/aromatic N) is 1. The Morgan fingerprint density at radius 2 is 2.06 bits per heavy atom. The van der Waals surface area contributed by atoms with Gasteiger partial charge in [-0.1, -0.05) is 0 Å². The van der Waals surface area contributed by atoms with E-state index in [1.54, 1.807) is 25.7 Å². The third-order valence-corrected chi connectivity index (χ3v) is 3.61. The van der Waals surface area contributed by atoms with Crippen LogP contribution in [-0.2, 0) is 14.3 Å². The second-order valence-electron chi connectivity index (χ2n) is 5.81. The number of hydrogen-bond donors (Lipinski definition) is 1. The number of carbonyl (C=O) groups excluding carboxylic acids is 2. The van der Waals surface area contributed by atoms with Gasteiger partial charge in [0.1, 0.15) is 11.6 Å². The lowest BCUT2D eigenvalue weighted by Gasteiger charge is -2.41. The van der Waals surface area contributed by atoms with Crippen LogP contribution in [0.4, 0.5) is 0 Å². The Morgan fingerprint density at radius 3 is 2.67 bits per heavy atom. The summed E-state index contributed by atoms with van der Waals surface area (Å²) in [6.45, 7) is 7.00. The highest BCUT2D eigenvalue weighted by atomic mass is 16.5. The van der Waals surface area contributed by atoms with Crippen LogP contribution in [0.5, 0.6) is 0 Å². The number of amides is 2. The molecule has 18 heavy (non-hydrogen) atoms. The van der Waals surface area contributed by atoms with E-state index in [0.29, 0.717) is 13.2 Å². The highest BCUT2D eigenvalue weighted by Crippen LogP contribution is 2.28. The van der Waals surface area contributed by atoms with Crippen LogP contribution in [-0.4, -0.2) is 48.1 Å². The minimum absolute atomic E-state index is 0.0374. The number of ether oxygens (including phenoxy) is 1. The monoisotopic (exact) mass is 254 g/mol. The molecule has 0 bridgehead atoms. The maximum atomic E-state index is 12.2. The minimum atomic E-state index is -0.805. The molecule has 1 N–H and O–H groups in total. The van der Waals surface area contributed by atoms with Gasteiger partial charge in [0.15, 0.2) is 0 Å². The SMILES string of the molecule is CC1C(=O)NC(C)(C)C(=O)N1CCOCC1CC1. The van der Waals surface area contributed by atoms with Crippen molar-refractivity contribution in [3.8, 4) is 0 Å². The third-order valence-electron chi connectivity index (χ3n) is 3.61. The maximum Gasteiger partial charge on any atom is 0.248 e. The van der Waals surface area contributed by atoms with Crippen molar-refractivity contribution in [2.75, 3.05) is 19.8 Å².